The van der Waals surface area contributed by atoms with E-state index < -0.39 is 0 Å². The highest BCUT2D eigenvalue weighted by molar-refractivity contribution is 7.80. The molecule has 1 N–H and O–H groups in total. The summed E-state index contributed by atoms with van der Waals surface area (Å²) in [7, 11) is 3.44. The molecule has 25 heavy (non-hydrogen) atoms. The third-order valence-electron chi connectivity index (χ3n) is 4.07. The number of hydrogen-bond donors (Lipinski definition) is 1. The Bertz CT molecular complexity index is 824. The molecule has 1 heterocycles. The van der Waals surface area contributed by atoms with Crippen molar-refractivity contribution in [3.63, 3.8) is 0 Å². The predicted molar refractivity (Wildman–Crippen MR) is 107 cm³/mol. The third-order valence-corrected chi connectivity index (χ3v) is 5.01. The van der Waals surface area contributed by atoms with E-state index in [0.717, 1.165) is 22.6 Å². The fourth-order valence-electron chi connectivity index (χ4n) is 2.78. The van der Waals surface area contributed by atoms with E-state index >= 15 is 0 Å². The highest BCUT2D eigenvalue weighted by Gasteiger charge is 2.31. The van der Waals surface area contributed by atoms with Gasteiger partial charge in [0.15, 0.2) is 5.11 Å². The molecule has 0 saturated carbocycles. The van der Waals surface area contributed by atoms with Crippen LogP contribution in [0, 0.1) is 0 Å². The van der Waals surface area contributed by atoms with Crippen LogP contribution in [0.5, 0.6) is 5.75 Å². The maximum Gasteiger partial charge on any atom is 0.189 e. The molecule has 0 amide bonds. The smallest absolute Gasteiger partial charge is 0.189 e. The first kappa shape index (κ1) is 18.0. The number of rotatable bonds is 3. The van der Waals surface area contributed by atoms with Gasteiger partial charge in [0, 0.05) is 24.1 Å². The first-order valence-electron chi connectivity index (χ1n) is 7.71. The lowest BCUT2D eigenvalue weighted by Gasteiger charge is -2.23. The van der Waals surface area contributed by atoms with E-state index in [9.17, 15) is 0 Å². The van der Waals surface area contributed by atoms with Crippen molar-refractivity contribution >= 4 is 46.2 Å². The lowest BCUT2D eigenvalue weighted by molar-refractivity contribution is 0.365. The molecular formula is C18H17Cl2N3OS. The molecular weight excluding hydrogens is 377 g/mol. The molecule has 1 atom stereocenters. The number of benzene rings is 2. The van der Waals surface area contributed by atoms with Crippen molar-refractivity contribution in [1.29, 1.82) is 0 Å². The zero-order chi connectivity index (χ0) is 18.0. The molecule has 0 radical (unpaired) electrons. The summed E-state index contributed by atoms with van der Waals surface area (Å²) in [6, 6.07) is 13.3. The number of nitrogens with zero attached hydrogens (tertiary/aromatic N) is 2. The topological polar surface area (TPSA) is 36.9 Å². The van der Waals surface area contributed by atoms with Gasteiger partial charge >= 0.3 is 0 Å². The molecule has 2 aromatic rings. The molecule has 0 aromatic heterocycles. The Hall–Kier alpha value is -1.82. The number of hydrazone groups is 1. The number of halogens is 2. The van der Waals surface area contributed by atoms with E-state index in [1.54, 1.807) is 20.2 Å². The summed E-state index contributed by atoms with van der Waals surface area (Å²) >= 11 is 17.8. The molecule has 1 aliphatic heterocycles. The Morgan fingerprint density at radius 1 is 1.24 bits per heavy atom. The lowest BCUT2D eigenvalue weighted by atomic mass is 9.98. The van der Waals surface area contributed by atoms with E-state index in [-0.39, 0.29) is 6.04 Å². The number of nitrogens with one attached hydrogen (secondary N) is 1. The summed E-state index contributed by atoms with van der Waals surface area (Å²) in [6.07, 6.45) is 0.690. The fourth-order valence-corrected chi connectivity index (χ4v) is 3.47. The molecule has 0 bridgehead atoms. The van der Waals surface area contributed by atoms with Crippen molar-refractivity contribution in [3.05, 3.63) is 63.6 Å². The van der Waals surface area contributed by atoms with E-state index in [0.29, 0.717) is 21.6 Å². The van der Waals surface area contributed by atoms with Crippen molar-refractivity contribution in [1.82, 2.24) is 10.3 Å². The second-order valence-electron chi connectivity index (χ2n) is 5.56. The van der Waals surface area contributed by atoms with Gasteiger partial charge in [-0.05, 0) is 42.0 Å². The van der Waals surface area contributed by atoms with Crippen LogP contribution in [0.3, 0.4) is 0 Å². The zero-order valence-corrected chi connectivity index (χ0v) is 16.1. The highest BCUT2D eigenvalue weighted by atomic mass is 35.5. The van der Waals surface area contributed by atoms with Crippen molar-refractivity contribution in [3.8, 4) is 5.75 Å². The van der Waals surface area contributed by atoms with Gasteiger partial charge < -0.3 is 10.1 Å². The van der Waals surface area contributed by atoms with Crippen LogP contribution in [0.15, 0.2) is 47.6 Å². The summed E-state index contributed by atoms with van der Waals surface area (Å²) in [4.78, 5) is 0. The van der Waals surface area contributed by atoms with Gasteiger partial charge in [0.1, 0.15) is 5.75 Å². The molecule has 2 aromatic carbocycles. The molecule has 3 rings (SSSR count). The normalized spacial score (nSPS) is 16.6. The van der Waals surface area contributed by atoms with E-state index in [2.05, 4.69) is 5.32 Å². The Morgan fingerprint density at radius 3 is 2.56 bits per heavy atom. The van der Waals surface area contributed by atoms with Gasteiger partial charge in [-0.2, -0.15) is 5.10 Å². The molecule has 0 spiro atoms. The van der Waals surface area contributed by atoms with Crippen LogP contribution >= 0.6 is 35.4 Å². The minimum absolute atomic E-state index is 0.00685. The maximum absolute atomic E-state index is 6.36. The minimum atomic E-state index is -0.00685. The molecule has 1 aliphatic rings. The molecule has 0 aliphatic carbocycles. The average molecular weight is 394 g/mol. The highest BCUT2D eigenvalue weighted by Crippen LogP contribution is 2.35. The van der Waals surface area contributed by atoms with Crippen LogP contribution in [-0.4, -0.2) is 30.0 Å². The molecule has 130 valence electrons. The molecule has 0 saturated heterocycles. The summed E-state index contributed by atoms with van der Waals surface area (Å²) in [6.45, 7) is 0. The Morgan fingerprint density at radius 2 is 1.96 bits per heavy atom. The van der Waals surface area contributed by atoms with Gasteiger partial charge in [-0.1, -0.05) is 41.4 Å². The third kappa shape index (κ3) is 3.73. The predicted octanol–water partition coefficient (Wildman–Crippen LogP) is 4.66. The lowest BCUT2D eigenvalue weighted by Crippen LogP contribution is -2.34. The second kappa shape index (κ2) is 7.60. The molecule has 0 unspecified atom stereocenters. The summed E-state index contributed by atoms with van der Waals surface area (Å²) < 4.78 is 5.23. The van der Waals surface area contributed by atoms with E-state index in [4.69, 9.17) is 45.3 Å². The van der Waals surface area contributed by atoms with Crippen LogP contribution < -0.4 is 10.1 Å². The van der Waals surface area contributed by atoms with Gasteiger partial charge in [0.25, 0.3) is 0 Å². The number of thiocarbonyl (C=S) groups is 1. The number of methoxy groups -OCH3 is 1. The van der Waals surface area contributed by atoms with Crippen LogP contribution in [0.1, 0.15) is 23.6 Å². The largest absolute Gasteiger partial charge is 0.497 e. The fraction of sp³-hybridized carbons (Fsp3) is 0.222. The first-order chi connectivity index (χ1) is 12.0. The second-order valence-corrected chi connectivity index (χ2v) is 6.79. The maximum atomic E-state index is 6.36. The summed E-state index contributed by atoms with van der Waals surface area (Å²) in [5.74, 6) is 0.811. The van der Waals surface area contributed by atoms with Crippen molar-refractivity contribution in [2.75, 3.05) is 14.2 Å². The monoisotopic (exact) mass is 393 g/mol. The zero-order valence-electron chi connectivity index (χ0n) is 13.8. The van der Waals surface area contributed by atoms with Crippen LogP contribution in [0.4, 0.5) is 0 Å². The van der Waals surface area contributed by atoms with Gasteiger partial charge in [-0.15, -0.1) is 0 Å². The SMILES string of the molecule is CNC(=S)N1N=C(c2ccc(Cl)cc2Cl)C[C@H]1c1ccc(OC)cc1. The van der Waals surface area contributed by atoms with Crippen molar-refractivity contribution < 1.29 is 4.74 Å². The quantitative estimate of drug-likeness (QED) is 0.769. The Balaban J connectivity index is 1.96. The molecule has 7 heteroatoms. The van der Waals surface area contributed by atoms with E-state index in [1.165, 1.54) is 0 Å². The average Bonchev–Trinajstić information content (AvgIpc) is 3.06. The van der Waals surface area contributed by atoms with Crippen LogP contribution in [-0.2, 0) is 0 Å². The van der Waals surface area contributed by atoms with E-state index in [1.807, 2.05) is 41.4 Å². The van der Waals surface area contributed by atoms with Gasteiger partial charge in [0.05, 0.1) is 23.9 Å². The van der Waals surface area contributed by atoms with Crippen molar-refractivity contribution in [2.24, 2.45) is 5.10 Å². The van der Waals surface area contributed by atoms with Crippen molar-refractivity contribution in [2.45, 2.75) is 12.5 Å². The van der Waals surface area contributed by atoms with Gasteiger partial charge in [-0.3, -0.25) is 0 Å². The Labute approximate surface area is 162 Å². The van der Waals surface area contributed by atoms with Crippen LogP contribution in [0.25, 0.3) is 0 Å². The standard InChI is InChI=1S/C18H17Cl2N3OS/c1-21-18(25)23-17(11-3-6-13(24-2)7-4-11)10-16(22-23)14-8-5-12(19)9-15(14)20/h3-9,17H,10H2,1-2H3,(H,21,25)/t17-/m0/s1. The minimum Gasteiger partial charge on any atom is -0.497 e. The summed E-state index contributed by atoms with van der Waals surface area (Å²) in [5, 5.41) is 11.3. The number of ether oxygens (including phenoxy) is 1. The van der Waals surface area contributed by atoms with Gasteiger partial charge in [0.2, 0.25) is 0 Å². The molecule has 0 fully saturated rings. The Kier molecular flexibility index (Phi) is 5.47. The number of hydrogen-bond acceptors (Lipinski definition) is 3. The molecule has 4 nitrogen and oxygen atoms in total. The van der Waals surface area contributed by atoms with Crippen LogP contribution in [0.2, 0.25) is 10.0 Å². The summed E-state index contributed by atoms with van der Waals surface area (Å²) in [5.41, 5.74) is 2.84. The first-order valence-corrected chi connectivity index (χ1v) is 8.87. The van der Waals surface area contributed by atoms with Gasteiger partial charge in [-0.25, -0.2) is 5.01 Å².